The van der Waals surface area contributed by atoms with Gasteiger partial charge in [-0.2, -0.15) is 0 Å². The lowest BCUT2D eigenvalue weighted by molar-refractivity contribution is 0.429. The standard InChI is InChI=1S/C16H19NO/c1-5-7-13-15(8-6-2)18-16-10-9-12(3)11-14(16)17(13)4/h5-11H,1-4H3. The average molecular weight is 241 g/mol. The number of rotatable bonds is 2. The Labute approximate surface area is 109 Å². The van der Waals surface area contributed by atoms with E-state index in [-0.39, 0.29) is 0 Å². The number of anilines is 1. The van der Waals surface area contributed by atoms with E-state index < -0.39 is 0 Å². The zero-order valence-electron chi connectivity index (χ0n) is 11.4. The van der Waals surface area contributed by atoms with E-state index in [1.54, 1.807) is 0 Å². The summed E-state index contributed by atoms with van der Waals surface area (Å²) in [5.41, 5.74) is 3.42. The molecule has 0 atom stereocenters. The fourth-order valence-electron chi connectivity index (χ4n) is 2.06. The topological polar surface area (TPSA) is 12.5 Å². The van der Waals surface area contributed by atoms with Crippen LogP contribution < -0.4 is 9.64 Å². The number of nitrogens with zero attached hydrogens (tertiary/aromatic N) is 1. The molecule has 1 heterocycles. The molecule has 18 heavy (non-hydrogen) atoms. The SMILES string of the molecule is CC=CC1=C(C=CC)N(C)c2cc(C)ccc2O1. The molecule has 0 spiro atoms. The summed E-state index contributed by atoms with van der Waals surface area (Å²) in [5, 5.41) is 0. The van der Waals surface area contributed by atoms with Gasteiger partial charge < -0.3 is 9.64 Å². The summed E-state index contributed by atoms with van der Waals surface area (Å²) in [6, 6.07) is 6.24. The van der Waals surface area contributed by atoms with Gasteiger partial charge in [-0.3, -0.25) is 0 Å². The molecule has 1 aromatic rings. The highest BCUT2D eigenvalue weighted by Crippen LogP contribution is 2.37. The molecule has 94 valence electrons. The quantitative estimate of drug-likeness (QED) is 0.770. The van der Waals surface area contributed by atoms with Crippen molar-refractivity contribution in [1.29, 1.82) is 0 Å². The van der Waals surface area contributed by atoms with E-state index in [2.05, 4.69) is 37.1 Å². The van der Waals surface area contributed by atoms with E-state index in [4.69, 9.17) is 4.74 Å². The highest BCUT2D eigenvalue weighted by atomic mass is 16.5. The first-order valence-electron chi connectivity index (χ1n) is 6.19. The van der Waals surface area contributed by atoms with E-state index in [1.807, 2.05) is 38.1 Å². The van der Waals surface area contributed by atoms with Gasteiger partial charge in [-0.1, -0.05) is 18.2 Å². The summed E-state index contributed by atoms with van der Waals surface area (Å²) in [6.45, 7) is 6.10. The minimum absolute atomic E-state index is 0.884. The third-order valence-corrected chi connectivity index (χ3v) is 2.95. The molecule has 1 aliphatic heterocycles. The highest BCUT2D eigenvalue weighted by Gasteiger charge is 2.21. The van der Waals surface area contributed by atoms with Crippen molar-refractivity contribution < 1.29 is 4.74 Å². The third-order valence-electron chi connectivity index (χ3n) is 2.95. The van der Waals surface area contributed by atoms with Crippen LogP contribution in [0.4, 0.5) is 5.69 Å². The molecule has 0 unspecified atom stereocenters. The van der Waals surface area contributed by atoms with E-state index in [0.29, 0.717) is 0 Å². The van der Waals surface area contributed by atoms with Crippen molar-refractivity contribution in [3.63, 3.8) is 0 Å². The van der Waals surface area contributed by atoms with Gasteiger partial charge in [-0.25, -0.2) is 0 Å². The van der Waals surface area contributed by atoms with E-state index >= 15 is 0 Å². The van der Waals surface area contributed by atoms with Gasteiger partial charge in [0.05, 0.1) is 11.4 Å². The van der Waals surface area contributed by atoms with E-state index in [9.17, 15) is 0 Å². The van der Waals surface area contributed by atoms with Crippen molar-refractivity contribution in [2.75, 3.05) is 11.9 Å². The van der Waals surface area contributed by atoms with Crippen LogP contribution in [-0.2, 0) is 0 Å². The predicted octanol–water partition coefficient (Wildman–Crippen LogP) is 4.19. The van der Waals surface area contributed by atoms with Gasteiger partial charge in [-0.15, -0.1) is 0 Å². The second-order valence-electron chi connectivity index (χ2n) is 4.38. The second kappa shape index (κ2) is 5.13. The summed E-state index contributed by atoms with van der Waals surface area (Å²) in [6.07, 6.45) is 8.08. The van der Waals surface area contributed by atoms with Crippen molar-refractivity contribution in [1.82, 2.24) is 0 Å². The Morgan fingerprint density at radius 2 is 1.83 bits per heavy atom. The largest absolute Gasteiger partial charge is 0.453 e. The van der Waals surface area contributed by atoms with E-state index in [0.717, 1.165) is 22.9 Å². The van der Waals surface area contributed by atoms with Crippen LogP contribution in [-0.4, -0.2) is 7.05 Å². The lowest BCUT2D eigenvalue weighted by atomic mass is 10.1. The summed E-state index contributed by atoms with van der Waals surface area (Å²) < 4.78 is 5.96. The molecular weight excluding hydrogens is 222 g/mol. The van der Waals surface area contributed by atoms with Crippen LogP contribution in [0, 0.1) is 6.92 Å². The second-order valence-corrected chi connectivity index (χ2v) is 4.38. The maximum absolute atomic E-state index is 5.96. The van der Waals surface area contributed by atoms with Crippen molar-refractivity contribution in [2.24, 2.45) is 0 Å². The number of aryl methyl sites for hydroxylation is 1. The fourth-order valence-corrected chi connectivity index (χ4v) is 2.06. The number of benzene rings is 1. The molecule has 2 nitrogen and oxygen atoms in total. The molecule has 0 saturated carbocycles. The molecule has 2 rings (SSSR count). The highest BCUT2D eigenvalue weighted by molar-refractivity contribution is 5.68. The molecule has 0 N–H and O–H groups in total. The van der Waals surface area contributed by atoms with Gasteiger partial charge in [0.1, 0.15) is 0 Å². The summed E-state index contributed by atoms with van der Waals surface area (Å²) in [7, 11) is 2.07. The molecule has 0 aromatic heterocycles. The predicted molar refractivity (Wildman–Crippen MR) is 76.9 cm³/mol. The summed E-state index contributed by atoms with van der Waals surface area (Å²) >= 11 is 0. The Bertz CT molecular complexity index is 538. The first-order valence-corrected chi connectivity index (χ1v) is 6.19. The number of allylic oxidation sites excluding steroid dienone is 4. The van der Waals surface area contributed by atoms with Crippen LogP contribution in [0.1, 0.15) is 19.4 Å². The first-order chi connectivity index (χ1) is 8.67. The minimum atomic E-state index is 0.884. The number of likely N-dealkylation sites (N-methyl/N-ethyl adjacent to an activating group) is 1. The summed E-state index contributed by atoms with van der Waals surface area (Å²) in [4.78, 5) is 2.17. The number of hydrogen-bond donors (Lipinski definition) is 0. The van der Waals surface area contributed by atoms with Gasteiger partial charge in [0, 0.05) is 7.05 Å². The Hall–Kier alpha value is -1.96. The van der Waals surface area contributed by atoms with Crippen LogP contribution in [0.3, 0.4) is 0 Å². The maximum atomic E-state index is 5.96. The first kappa shape index (κ1) is 12.5. The Morgan fingerprint density at radius 3 is 2.50 bits per heavy atom. The number of ether oxygens (including phenoxy) is 1. The van der Waals surface area contributed by atoms with Crippen LogP contribution in [0.2, 0.25) is 0 Å². The molecule has 0 saturated heterocycles. The molecule has 0 fully saturated rings. The van der Waals surface area contributed by atoms with Gasteiger partial charge >= 0.3 is 0 Å². The van der Waals surface area contributed by atoms with Crippen LogP contribution in [0.15, 0.2) is 54.0 Å². The molecular formula is C16H19NO. The third kappa shape index (κ3) is 2.19. The van der Waals surface area contributed by atoms with Crippen LogP contribution in [0.5, 0.6) is 5.75 Å². The number of hydrogen-bond acceptors (Lipinski definition) is 2. The Balaban J connectivity index is 2.54. The van der Waals surface area contributed by atoms with Gasteiger partial charge in [0.15, 0.2) is 11.5 Å². The van der Waals surface area contributed by atoms with Crippen molar-refractivity contribution in [2.45, 2.75) is 20.8 Å². The molecule has 2 heteroatoms. The zero-order valence-corrected chi connectivity index (χ0v) is 11.4. The van der Waals surface area contributed by atoms with E-state index in [1.165, 1.54) is 5.56 Å². The zero-order chi connectivity index (χ0) is 13.1. The molecule has 0 aliphatic carbocycles. The van der Waals surface area contributed by atoms with Crippen LogP contribution in [0.25, 0.3) is 0 Å². The fraction of sp³-hybridized carbons (Fsp3) is 0.250. The van der Waals surface area contributed by atoms with Crippen molar-refractivity contribution in [3.05, 3.63) is 59.5 Å². The lowest BCUT2D eigenvalue weighted by Crippen LogP contribution is -2.23. The smallest absolute Gasteiger partial charge is 0.151 e. The Morgan fingerprint density at radius 1 is 1.11 bits per heavy atom. The van der Waals surface area contributed by atoms with Crippen molar-refractivity contribution >= 4 is 5.69 Å². The maximum Gasteiger partial charge on any atom is 0.151 e. The lowest BCUT2D eigenvalue weighted by Gasteiger charge is -2.30. The Kier molecular flexibility index (Phi) is 3.56. The monoisotopic (exact) mass is 241 g/mol. The molecule has 0 bridgehead atoms. The van der Waals surface area contributed by atoms with Crippen molar-refractivity contribution in [3.8, 4) is 5.75 Å². The van der Waals surface area contributed by atoms with Gasteiger partial charge in [0.25, 0.3) is 0 Å². The van der Waals surface area contributed by atoms with Gasteiger partial charge in [0.2, 0.25) is 0 Å². The summed E-state index contributed by atoms with van der Waals surface area (Å²) in [5.74, 6) is 1.79. The minimum Gasteiger partial charge on any atom is -0.453 e. The normalized spacial score (nSPS) is 15.4. The number of fused-ring (bicyclic) bond motifs is 1. The molecule has 0 radical (unpaired) electrons. The average Bonchev–Trinajstić information content (AvgIpc) is 2.35. The van der Waals surface area contributed by atoms with Crippen LogP contribution >= 0.6 is 0 Å². The molecule has 1 aromatic carbocycles. The van der Waals surface area contributed by atoms with Gasteiger partial charge in [-0.05, 0) is 50.6 Å². The molecule has 1 aliphatic rings. The molecule has 0 amide bonds.